The van der Waals surface area contributed by atoms with Gasteiger partial charge in [-0.2, -0.15) is 14.8 Å². The van der Waals surface area contributed by atoms with Crippen molar-refractivity contribution in [1.82, 2.24) is 0 Å². The van der Waals surface area contributed by atoms with E-state index in [1.807, 2.05) is 0 Å². The van der Waals surface area contributed by atoms with Crippen molar-refractivity contribution < 1.29 is 47.1 Å². The Morgan fingerprint density at radius 3 is 1.56 bits per heavy atom. The van der Waals surface area contributed by atoms with Crippen LogP contribution >= 0.6 is 0 Å². The summed E-state index contributed by atoms with van der Waals surface area (Å²) in [6.45, 7) is 6.08. The zero-order valence-corrected chi connectivity index (χ0v) is 13.3. The molecule has 4 nitrogen and oxygen atoms in total. The van der Waals surface area contributed by atoms with Gasteiger partial charge in [-0.3, -0.25) is 9.11 Å². The van der Waals surface area contributed by atoms with Gasteiger partial charge in [0.25, 0.3) is 0 Å². The first-order valence-electron chi connectivity index (χ1n) is 5.41. The Morgan fingerprint density at radius 1 is 0.938 bits per heavy atom. The van der Waals surface area contributed by atoms with Gasteiger partial charge in [0.2, 0.25) is 0 Å². The van der Waals surface area contributed by atoms with E-state index in [0.29, 0.717) is 0 Å². The molecule has 0 amide bonds. The van der Waals surface area contributed by atoms with Crippen LogP contribution in [0.2, 0.25) is 0 Å². The van der Waals surface area contributed by atoms with Gasteiger partial charge in [0.15, 0.2) is 0 Å². The van der Waals surface area contributed by atoms with Gasteiger partial charge in [-0.05, 0) is 0 Å². The van der Waals surface area contributed by atoms with E-state index in [4.69, 9.17) is 17.5 Å². The molecule has 0 saturated heterocycles. The molecule has 0 aromatic heterocycles. The first-order valence-corrected chi connectivity index (χ1v) is 6.80. The minimum absolute atomic E-state index is 0. The van der Waals surface area contributed by atoms with Crippen molar-refractivity contribution >= 4 is 10.4 Å². The molecule has 0 spiro atoms. The topological polar surface area (TPSA) is 74.6 Å². The molecule has 0 aromatic rings. The van der Waals surface area contributed by atoms with Gasteiger partial charge < -0.3 is 6.92 Å². The quantitative estimate of drug-likeness (QED) is 0.300. The van der Waals surface area contributed by atoms with E-state index in [2.05, 4.69) is 13.8 Å². The normalized spacial score (nSPS) is 10.0. The molecule has 0 unspecified atom stereocenters. The fraction of sp³-hybridized carbons (Fsp3) is 0.900. The minimum atomic E-state index is -4.67. The van der Waals surface area contributed by atoms with E-state index in [1.165, 1.54) is 44.9 Å². The monoisotopic (exact) mass is 262 g/mol. The number of hydrogen-bond donors (Lipinski definition) is 2. The largest absolute Gasteiger partial charge is 1.00 e. The van der Waals surface area contributed by atoms with Crippen LogP contribution in [0.5, 0.6) is 0 Å². The summed E-state index contributed by atoms with van der Waals surface area (Å²) in [4.78, 5) is 0. The number of unbranched alkanes of at least 4 members (excludes halogenated alkanes) is 7. The van der Waals surface area contributed by atoms with Crippen LogP contribution in [-0.4, -0.2) is 17.5 Å². The molecule has 0 bridgehead atoms. The summed E-state index contributed by atoms with van der Waals surface area (Å²) in [6.07, 6.45) is 10.9. The Kier molecular flexibility index (Phi) is 21.9. The maximum atomic E-state index is 8.74. The second kappa shape index (κ2) is 15.9. The van der Waals surface area contributed by atoms with Crippen molar-refractivity contribution in [1.29, 1.82) is 0 Å². The average molecular weight is 262 g/mol. The second-order valence-electron chi connectivity index (χ2n) is 3.42. The van der Waals surface area contributed by atoms with Crippen molar-refractivity contribution in [3.8, 4) is 0 Å². The minimum Gasteiger partial charge on any atom is -0.343 e. The molecule has 2 N–H and O–H groups in total. The van der Waals surface area contributed by atoms with E-state index in [9.17, 15) is 0 Å². The van der Waals surface area contributed by atoms with Crippen LogP contribution < -0.4 is 29.6 Å². The molecule has 0 aliphatic carbocycles. The molecule has 0 rings (SSSR count). The average Bonchev–Trinajstić information content (AvgIpc) is 2.08. The van der Waals surface area contributed by atoms with Crippen molar-refractivity contribution in [3.05, 3.63) is 6.92 Å². The Hall–Kier alpha value is 0.870. The van der Waals surface area contributed by atoms with Crippen molar-refractivity contribution in [2.45, 2.75) is 58.3 Å². The zero-order chi connectivity index (χ0) is 12.2. The molecule has 6 heteroatoms. The summed E-state index contributed by atoms with van der Waals surface area (Å²) in [5.41, 5.74) is 0. The number of rotatable bonds is 7. The number of hydrogen-bond acceptors (Lipinski definition) is 2. The Labute approximate surface area is 122 Å². The van der Waals surface area contributed by atoms with Gasteiger partial charge in [0.1, 0.15) is 0 Å². The molecule has 0 radical (unpaired) electrons. The van der Waals surface area contributed by atoms with Gasteiger partial charge in [0.05, 0.1) is 0 Å². The van der Waals surface area contributed by atoms with E-state index in [0.717, 1.165) is 6.42 Å². The fourth-order valence-corrected chi connectivity index (χ4v) is 1.13. The van der Waals surface area contributed by atoms with Crippen molar-refractivity contribution in [3.63, 3.8) is 0 Å². The molecule has 0 aliphatic rings. The smallest absolute Gasteiger partial charge is 0.343 e. The SMILES string of the molecule is O=S(=O)(O)O.[CH2-]CCCCCCCCC.[Na+]. The van der Waals surface area contributed by atoms with E-state index in [1.54, 1.807) is 0 Å². The van der Waals surface area contributed by atoms with E-state index < -0.39 is 10.4 Å². The molecule has 94 valence electrons. The molecule has 0 saturated carbocycles. The third-order valence-corrected chi connectivity index (χ3v) is 1.85. The summed E-state index contributed by atoms with van der Waals surface area (Å²) in [7, 11) is -4.67. The third kappa shape index (κ3) is 46.2. The van der Waals surface area contributed by atoms with E-state index in [-0.39, 0.29) is 29.6 Å². The second-order valence-corrected chi connectivity index (χ2v) is 4.32. The van der Waals surface area contributed by atoms with Crippen LogP contribution in [0.3, 0.4) is 0 Å². The van der Waals surface area contributed by atoms with Crippen molar-refractivity contribution in [2.75, 3.05) is 0 Å². The van der Waals surface area contributed by atoms with Crippen LogP contribution in [0.25, 0.3) is 0 Å². The molecule has 0 heterocycles. The van der Waals surface area contributed by atoms with Crippen LogP contribution in [0, 0.1) is 6.92 Å². The van der Waals surface area contributed by atoms with Gasteiger partial charge in [-0.25, -0.2) is 0 Å². The van der Waals surface area contributed by atoms with Crippen LogP contribution in [0.15, 0.2) is 0 Å². The summed E-state index contributed by atoms with van der Waals surface area (Å²) in [5, 5.41) is 0. The van der Waals surface area contributed by atoms with Gasteiger partial charge >= 0.3 is 40.0 Å². The summed E-state index contributed by atoms with van der Waals surface area (Å²) in [5.74, 6) is 0. The van der Waals surface area contributed by atoms with E-state index >= 15 is 0 Å². The first kappa shape index (κ1) is 22.1. The standard InChI is InChI=1S/C10H21.Na.H2O4S/c1-3-5-7-9-10-8-6-4-2;;1-5(2,3)4/h1,3-10H2,2H3;;(H2,1,2,3,4)/q-1;+1;. The van der Waals surface area contributed by atoms with Crippen LogP contribution in [0.4, 0.5) is 0 Å². The molecule has 0 atom stereocenters. The molecular formula is C10H23NaO4S. The Morgan fingerprint density at radius 2 is 1.25 bits per heavy atom. The molecule has 16 heavy (non-hydrogen) atoms. The summed E-state index contributed by atoms with van der Waals surface area (Å²) < 4.78 is 31.6. The van der Waals surface area contributed by atoms with Crippen LogP contribution in [-0.2, 0) is 10.4 Å². The molecule has 0 fully saturated rings. The summed E-state index contributed by atoms with van der Waals surface area (Å²) in [6, 6.07) is 0. The summed E-state index contributed by atoms with van der Waals surface area (Å²) >= 11 is 0. The Bertz CT molecular complexity index is 189. The fourth-order valence-electron chi connectivity index (χ4n) is 1.13. The maximum absolute atomic E-state index is 8.74. The van der Waals surface area contributed by atoms with Crippen LogP contribution in [0.1, 0.15) is 58.3 Å². The molecule has 0 aliphatic heterocycles. The predicted molar refractivity (Wildman–Crippen MR) is 62.1 cm³/mol. The Balaban J connectivity index is -0.000000242. The van der Waals surface area contributed by atoms with Crippen molar-refractivity contribution in [2.24, 2.45) is 0 Å². The van der Waals surface area contributed by atoms with Gasteiger partial charge in [0, 0.05) is 0 Å². The van der Waals surface area contributed by atoms with Gasteiger partial charge in [-0.15, -0.1) is 0 Å². The maximum Gasteiger partial charge on any atom is 1.00 e. The third-order valence-electron chi connectivity index (χ3n) is 1.85. The molecule has 0 aromatic carbocycles. The first-order chi connectivity index (χ1) is 6.91. The molecular weight excluding hydrogens is 239 g/mol. The van der Waals surface area contributed by atoms with Gasteiger partial charge in [-0.1, -0.05) is 51.9 Å². The zero-order valence-electron chi connectivity index (χ0n) is 10.5. The predicted octanol–water partition coefficient (Wildman–Crippen LogP) is 0.312.